The molecule has 9 heteroatoms. The number of nitrogens with zero attached hydrogens (tertiary/aromatic N) is 4. The van der Waals surface area contributed by atoms with E-state index in [0.29, 0.717) is 35.1 Å². The van der Waals surface area contributed by atoms with Gasteiger partial charge in [-0.2, -0.15) is 0 Å². The van der Waals surface area contributed by atoms with Crippen LogP contribution >= 0.6 is 11.6 Å². The third-order valence-corrected chi connectivity index (χ3v) is 6.17. The number of hydrogen-bond donors (Lipinski definition) is 2. The van der Waals surface area contributed by atoms with E-state index >= 15 is 0 Å². The van der Waals surface area contributed by atoms with E-state index in [4.69, 9.17) is 11.6 Å². The maximum Gasteiger partial charge on any atom is 0.227 e. The van der Waals surface area contributed by atoms with Gasteiger partial charge >= 0.3 is 0 Å². The van der Waals surface area contributed by atoms with Crippen LogP contribution in [0.3, 0.4) is 0 Å². The average molecular weight is 445 g/mol. The van der Waals surface area contributed by atoms with Crippen LogP contribution in [0.4, 0.5) is 10.2 Å². The predicted molar refractivity (Wildman–Crippen MR) is 119 cm³/mol. The lowest BCUT2D eigenvalue weighted by atomic mass is 9.83. The molecule has 1 amide bonds. The maximum absolute atomic E-state index is 14.6. The van der Waals surface area contributed by atoms with Gasteiger partial charge in [0.1, 0.15) is 5.65 Å². The van der Waals surface area contributed by atoms with Crippen LogP contribution in [0.15, 0.2) is 24.7 Å². The van der Waals surface area contributed by atoms with Crippen molar-refractivity contribution in [2.24, 2.45) is 5.92 Å². The van der Waals surface area contributed by atoms with E-state index in [1.165, 1.54) is 0 Å². The molecule has 2 atom stereocenters. The molecule has 164 valence electrons. The maximum atomic E-state index is 14.6. The standard InChI is InChI=1S/C22H26ClFN6O/c1-3-30(4-2)22(31)14-7-5-6-8-18(14)28-21-17(24)12-27-20(29-21)16-11-26-19-15(16)9-13(23)10-25-19/h9-12,14,18H,3-8H2,1-2H3,(H,25,26)(H,27,28,29)/t14-,18+/m1/s1. The molecule has 3 heterocycles. The molecule has 0 unspecified atom stereocenters. The molecule has 0 aromatic carbocycles. The van der Waals surface area contributed by atoms with Crippen LogP contribution < -0.4 is 5.32 Å². The summed E-state index contributed by atoms with van der Waals surface area (Å²) >= 11 is 6.09. The van der Waals surface area contributed by atoms with Gasteiger partial charge in [0, 0.05) is 42.5 Å². The molecule has 31 heavy (non-hydrogen) atoms. The van der Waals surface area contributed by atoms with E-state index < -0.39 is 5.82 Å². The number of nitrogens with one attached hydrogen (secondary N) is 2. The third-order valence-electron chi connectivity index (χ3n) is 5.96. The van der Waals surface area contributed by atoms with Gasteiger partial charge in [-0.1, -0.05) is 24.4 Å². The zero-order valence-electron chi connectivity index (χ0n) is 17.7. The number of carbonyl (C=O) groups excluding carboxylic acids is 1. The minimum atomic E-state index is -0.542. The zero-order chi connectivity index (χ0) is 22.0. The van der Waals surface area contributed by atoms with Crippen LogP contribution in [0.1, 0.15) is 39.5 Å². The normalized spacial score (nSPS) is 18.8. The van der Waals surface area contributed by atoms with Crippen molar-refractivity contribution in [1.29, 1.82) is 0 Å². The van der Waals surface area contributed by atoms with E-state index in [9.17, 15) is 9.18 Å². The number of carbonyl (C=O) groups is 1. The molecule has 0 saturated heterocycles. The summed E-state index contributed by atoms with van der Waals surface area (Å²) in [5.41, 5.74) is 1.34. The molecule has 1 aliphatic carbocycles. The van der Waals surface area contributed by atoms with Gasteiger partial charge in [0.15, 0.2) is 17.5 Å². The zero-order valence-corrected chi connectivity index (χ0v) is 18.4. The Morgan fingerprint density at radius 3 is 2.81 bits per heavy atom. The van der Waals surface area contributed by atoms with Crippen molar-refractivity contribution in [3.63, 3.8) is 0 Å². The molecule has 2 N–H and O–H groups in total. The fraction of sp³-hybridized carbons (Fsp3) is 0.455. The second kappa shape index (κ2) is 9.18. The van der Waals surface area contributed by atoms with E-state index in [1.807, 2.05) is 18.7 Å². The number of pyridine rings is 1. The number of fused-ring (bicyclic) bond motifs is 1. The monoisotopic (exact) mass is 444 g/mol. The SMILES string of the molecule is CCN(CC)C(=O)[C@@H]1CCCC[C@@H]1Nc1nc(-c2c[nH]c3ncc(Cl)cc23)ncc1F. The Morgan fingerprint density at radius 2 is 2.03 bits per heavy atom. The Labute approximate surface area is 185 Å². The van der Waals surface area contributed by atoms with Crippen LogP contribution in [0.2, 0.25) is 5.02 Å². The molecule has 3 aromatic rings. The van der Waals surface area contributed by atoms with Crippen molar-refractivity contribution in [3.05, 3.63) is 35.5 Å². The highest BCUT2D eigenvalue weighted by molar-refractivity contribution is 6.31. The number of hydrogen-bond acceptors (Lipinski definition) is 5. The minimum absolute atomic E-state index is 0.110. The van der Waals surface area contributed by atoms with Crippen molar-refractivity contribution in [2.75, 3.05) is 18.4 Å². The second-order valence-electron chi connectivity index (χ2n) is 7.79. The second-order valence-corrected chi connectivity index (χ2v) is 8.23. The van der Waals surface area contributed by atoms with Gasteiger partial charge in [-0.3, -0.25) is 4.79 Å². The van der Waals surface area contributed by atoms with Crippen molar-refractivity contribution >= 4 is 34.4 Å². The van der Waals surface area contributed by atoms with Gasteiger partial charge in [-0.15, -0.1) is 0 Å². The number of anilines is 1. The Hall–Kier alpha value is -2.74. The lowest BCUT2D eigenvalue weighted by Crippen LogP contribution is -2.45. The van der Waals surface area contributed by atoms with E-state index in [1.54, 1.807) is 18.5 Å². The topological polar surface area (TPSA) is 86.8 Å². The van der Waals surface area contributed by atoms with Gasteiger partial charge in [0.2, 0.25) is 5.91 Å². The highest BCUT2D eigenvalue weighted by Crippen LogP contribution is 2.31. The van der Waals surface area contributed by atoms with Crippen LogP contribution in [0, 0.1) is 11.7 Å². The van der Waals surface area contributed by atoms with Gasteiger partial charge in [-0.05, 0) is 32.8 Å². The number of aromatic nitrogens is 4. The molecule has 0 spiro atoms. The molecule has 0 radical (unpaired) electrons. The molecular formula is C22H26ClFN6O. The van der Waals surface area contributed by atoms with Crippen molar-refractivity contribution in [2.45, 2.75) is 45.6 Å². The minimum Gasteiger partial charge on any atom is -0.364 e. The van der Waals surface area contributed by atoms with Crippen LogP contribution in [0.25, 0.3) is 22.4 Å². The van der Waals surface area contributed by atoms with Crippen molar-refractivity contribution < 1.29 is 9.18 Å². The molecule has 0 aliphatic heterocycles. The predicted octanol–water partition coefficient (Wildman–Crippen LogP) is 4.65. The number of halogens is 2. The fourth-order valence-corrected chi connectivity index (χ4v) is 4.46. The molecule has 4 rings (SSSR count). The molecular weight excluding hydrogens is 419 g/mol. The third kappa shape index (κ3) is 4.35. The molecule has 7 nitrogen and oxygen atoms in total. The molecule has 1 saturated carbocycles. The van der Waals surface area contributed by atoms with Crippen LogP contribution in [-0.2, 0) is 4.79 Å². The molecule has 1 fully saturated rings. The quantitative estimate of drug-likeness (QED) is 0.577. The van der Waals surface area contributed by atoms with Crippen molar-refractivity contribution in [1.82, 2.24) is 24.8 Å². The summed E-state index contributed by atoms with van der Waals surface area (Å²) in [7, 11) is 0. The summed E-state index contributed by atoms with van der Waals surface area (Å²) in [5, 5.41) is 4.48. The van der Waals surface area contributed by atoms with Gasteiger partial charge in [0.05, 0.1) is 17.1 Å². The number of rotatable bonds is 6. The van der Waals surface area contributed by atoms with Crippen molar-refractivity contribution in [3.8, 4) is 11.4 Å². The first-order valence-electron chi connectivity index (χ1n) is 10.7. The number of amides is 1. The van der Waals surface area contributed by atoms with Gasteiger partial charge < -0.3 is 15.2 Å². The fourth-order valence-electron chi connectivity index (χ4n) is 4.31. The summed E-state index contributed by atoms with van der Waals surface area (Å²) in [6, 6.07) is 1.60. The Morgan fingerprint density at radius 1 is 1.26 bits per heavy atom. The highest BCUT2D eigenvalue weighted by Gasteiger charge is 2.33. The van der Waals surface area contributed by atoms with Gasteiger partial charge in [0.25, 0.3) is 0 Å². The first-order valence-corrected chi connectivity index (χ1v) is 11.1. The smallest absolute Gasteiger partial charge is 0.227 e. The van der Waals surface area contributed by atoms with Gasteiger partial charge in [-0.25, -0.2) is 19.3 Å². The summed E-state index contributed by atoms with van der Waals surface area (Å²) in [6.07, 6.45) is 8.02. The Balaban J connectivity index is 1.63. The summed E-state index contributed by atoms with van der Waals surface area (Å²) < 4.78 is 14.6. The van der Waals surface area contributed by atoms with E-state index in [2.05, 4.69) is 25.3 Å². The average Bonchev–Trinajstić information content (AvgIpc) is 3.19. The van der Waals surface area contributed by atoms with E-state index in [0.717, 1.165) is 37.3 Å². The Kier molecular flexibility index (Phi) is 6.36. The summed E-state index contributed by atoms with van der Waals surface area (Å²) in [4.78, 5) is 30.8. The lowest BCUT2D eigenvalue weighted by molar-refractivity contribution is -0.136. The molecule has 0 bridgehead atoms. The number of aromatic amines is 1. The lowest BCUT2D eigenvalue weighted by Gasteiger charge is -2.34. The highest BCUT2D eigenvalue weighted by atomic mass is 35.5. The summed E-state index contributed by atoms with van der Waals surface area (Å²) in [6.45, 7) is 5.29. The first kappa shape index (κ1) is 21.5. The van der Waals surface area contributed by atoms with E-state index in [-0.39, 0.29) is 23.7 Å². The Bertz CT molecular complexity index is 1080. The van der Waals surface area contributed by atoms with Crippen LogP contribution in [0.5, 0.6) is 0 Å². The summed E-state index contributed by atoms with van der Waals surface area (Å²) in [5.74, 6) is -0.142. The molecule has 3 aromatic heterocycles. The number of H-pyrrole nitrogens is 1. The first-order chi connectivity index (χ1) is 15.0. The van der Waals surface area contributed by atoms with Crippen LogP contribution in [-0.4, -0.2) is 49.9 Å². The largest absolute Gasteiger partial charge is 0.364 e. The molecule has 1 aliphatic rings.